The van der Waals surface area contributed by atoms with Crippen LogP contribution in [0.5, 0.6) is 11.5 Å². The van der Waals surface area contributed by atoms with Crippen LogP contribution in [-0.4, -0.2) is 10.8 Å². The van der Waals surface area contributed by atoms with Gasteiger partial charge in [-0.1, -0.05) is 33.6 Å². The molecule has 0 bridgehead atoms. The van der Waals surface area contributed by atoms with Crippen LogP contribution in [0.25, 0.3) is 0 Å². The van der Waals surface area contributed by atoms with Crippen LogP contribution in [0.2, 0.25) is 5.02 Å². The van der Waals surface area contributed by atoms with E-state index in [0.717, 1.165) is 0 Å². The van der Waals surface area contributed by atoms with E-state index in [1.165, 1.54) is 18.2 Å². The first-order chi connectivity index (χ1) is 9.90. The van der Waals surface area contributed by atoms with Crippen molar-refractivity contribution in [3.63, 3.8) is 0 Å². The fraction of sp³-hybridized carbons (Fsp3) is 0. The Hall–Kier alpha value is -2.12. The van der Waals surface area contributed by atoms with Gasteiger partial charge in [0.1, 0.15) is 11.6 Å². The summed E-state index contributed by atoms with van der Waals surface area (Å²) in [6, 6.07) is 9.09. The first kappa shape index (κ1) is 15.3. The Labute approximate surface area is 133 Å². The normalized spacial score (nSPS) is 10.2. The van der Waals surface area contributed by atoms with Gasteiger partial charge in [-0.2, -0.15) is 0 Å². The molecule has 6 nitrogen and oxygen atoms in total. The lowest BCUT2D eigenvalue weighted by atomic mass is 10.2. The summed E-state index contributed by atoms with van der Waals surface area (Å²) in [6.07, 6.45) is 0. The molecule has 8 heteroatoms. The van der Waals surface area contributed by atoms with Gasteiger partial charge in [0.2, 0.25) is 5.75 Å². The number of nitro benzene ring substituents is 1. The Balaban J connectivity index is 2.51. The summed E-state index contributed by atoms with van der Waals surface area (Å²) in [5, 5.41) is 18.8. The Kier molecular flexibility index (Phi) is 4.44. The lowest BCUT2D eigenvalue weighted by Crippen LogP contribution is -2.13. The molecule has 0 aliphatic carbocycles. The fourth-order valence-electron chi connectivity index (χ4n) is 1.69. The number of amidine groups is 1. The zero-order valence-electron chi connectivity index (χ0n) is 10.5. The van der Waals surface area contributed by atoms with Crippen molar-refractivity contribution in [1.29, 1.82) is 5.41 Å². The maximum absolute atomic E-state index is 11.1. The summed E-state index contributed by atoms with van der Waals surface area (Å²) in [5.41, 5.74) is 5.45. The van der Waals surface area contributed by atoms with Crippen molar-refractivity contribution in [2.24, 2.45) is 5.73 Å². The van der Waals surface area contributed by atoms with Gasteiger partial charge in [0, 0.05) is 10.5 Å². The van der Waals surface area contributed by atoms with Crippen molar-refractivity contribution in [1.82, 2.24) is 0 Å². The van der Waals surface area contributed by atoms with Gasteiger partial charge in [-0.3, -0.25) is 15.5 Å². The minimum atomic E-state index is -0.557. The maximum atomic E-state index is 11.1. The van der Waals surface area contributed by atoms with Gasteiger partial charge in [-0.05, 0) is 24.3 Å². The predicted molar refractivity (Wildman–Crippen MR) is 83.3 cm³/mol. The molecule has 2 aromatic carbocycles. The number of hydrogen-bond acceptors (Lipinski definition) is 4. The summed E-state index contributed by atoms with van der Waals surface area (Å²) in [7, 11) is 0. The number of rotatable bonds is 4. The molecule has 21 heavy (non-hydrogen) atoms. The van der Waals surface area contributed by atoms with Crippen LogP contribution in [0.1, 0.15) is 5.56 Å². The number of nitrogens with one attached hydrogen (secondary N) is 1. The van der Waals surface area contributed by atoms with Gasteiger partial charge < -0.3 is 10.5 Å². The minimum absolute atomic E-state index is 0.0352. The van der Waals surface area contributed by atoms with Crippen molar-refractivity contribution in [2.75, 3.05) is 0 Å². The van der Waals surface area contributed by atoms with E-state index in [0.29, 0.717) is 4.47 Å². The van der Waals surface area contributed by atoms with E-state index in [9.17, 15) is 10.1 Å². The molecule has 3 N–H and O–H groups in total. The van der Waals surface area contributed by atoms with E-state index in [1.807, 2.05) is 0 Å². The first-order valence-electron chi connectivity index (χ1n) is 5.65. The topological polar surface area (TPSA) is 102 Å². The molecule has 0 saturated carbocycles. The lowest BCUT2D eigenvalue weighted by Gasteiger charge is -2.11. The molecular weight excluding hydrogens is 362 g/mol. The Morgan fingerprint density at radius 2 is 2.05 bits per heavy atom. The number of halogens is 2. The van der Waals surface area contributed by atoms with E-state index in [2.05, 4.69) is 15.9 Å². The lowest BCUT2D eigenvalue weighted by molar-refractivity contribution is -0.385. The maximum Gasteiger partial charge on any atom is 0.312 e. The quantitative estimate of drug-likeness (QED) is 0.366. The average Bonchev–Trinajstić information content (AvgIpc) is 2.40. The molecule has 0 atom stereocenters. The second kappa shape index (κ2) is 6.11. The highest BCUT2D eigenvalue weighted by Crippen LogP contribution is 2.36. The highest BCUT2D eigenvalue weighted by Gasteiger charge is 2.19. The fourth-order valence-corrected chi connectivity index (χ4v) is 2.31. The van der Waals surface area contributed by atoms with Crippen LogP contribution in [0.4, 0.5) is 5.69 Å². The first-order valence-corrected chi connectivity index (χ1v) is 6.82. The Morgan fingerprint density at radius 3 is 2.67 bits per heavy atom. The second-order valence-corrected chi connectivity index (χ2v) is 5.32. The van der Waals surface area contributed by atoms with Gasteiger partial charge in [0.25, 0.3) is 0 Å². The predicted octanol–water partition coefficient (Wildman–Crippen LogP) is 4.09. The third-order valence-electron chi connectivity index (χ3n) is 2.58. The smallest absolute Gasteiger partial charge is 0.312 e. The Bertz CT molecular complexity index is 737. The molecule has 0 radical (unpaired) electrons. The Morgan fingerprint density at radius 1 is 1.33 bits per heavy atom. The van der Waals surface area contributed by atoms with Gasteiger partial charge in [0.05, 0.1) is 15.5 Å². The monoisotopic (exact) mass is 369 g/mol. The van der Waals surface area contributed by atoms with Crippen LogP contribution in [0.15, 0.2) is 40.9 Å². The van der Waals surface area contributed by atoms with Crippen LogP contribution in [0.3, 0.4) is 0 Å². The van der Waals surface area contributed by atoms with E-state index in [4.69, 9.17) is 27.5 Å². The van der Waals surface area contributed by atoms with Crippen molar-refractivity contribution >= 4 is 39.1 Å². The molecule has 0 aliphatic rings. The van der Waals surface area contributed by atoms with E-state index in [-0.39, 0.29) is 33.6 Å². The molecule has 0 saturated heterocycles. The summed E-state index contributed by atoms with van der Waals surface area (Å²) < 4.78 is 6.09. The van der Waals surface area contributed by atoms with Gasteiger partial charge >= 0.3 is 5.69 Å². The molecule has 0 spiro atoms. The van der Waals surface area contributed by atoms with E-state index < -0.39 is 4.92 Å². The molecule has 0 aromatic heterocycles. The van der Waals surface area contributed by atoms with Crippen molar-refractivity contribution < 1.29 is 9.66 Å². The van der Waals surface area contributed by atoms with Gasteiger partial charge in [-0.25, -0.2) is 0 Å². The standard InChI is InChI=1S/C13H9BrClN3O3/c14-7-4-5-10(9(6-7)18(19)20)21-11-3-1-2-8(15)12(11)13(16)17/h1-6H,(H3,16,17). The summed E-state index contributed by atoms with van der Waals surface area (Å²) >= 11 is 9.14. The minimum Gasteiger partial charge on any atom is -0.449 e. The average molecular weight is 371 g/mol. The summed E-state index contributed by atoms with van der Waals surface area (Å²) in [5.74, 6) is -0.0660. The molecule has 2 rings (SSSR count). The van der Waals surface area contributed by atoms with Crippen molar-refractivity contribution in [3.8, 4) is 11.5 Å². The highest BCUT2D eigenvalue weighted by atomic mass is 79.9. The molecular formula is C13H9BrClN3O3. The van der Waals surface area contributed by atoms with Crippen LogP contribution in [0, 0.1) is 15.5 Å². The third-order valence-corrected chi connectivity index (χ3v) is 3.39. The summed E-state index contributed by atoms with van der Waals surface area (Å²) in [6.45, 7) is 0. The SMILES string of the molecule is N=C(N)c1c(Cl)cccc1Oc1ccc(Br)cc1[N+](=O)[O-]. The van der Waals surface area contributed by atoms with E-state index in [1.54, 1.807) is 18.2 Å². The van der Waals surface area contributed by atoms with Crippen LogP contribution >= 0.6 is 27.5 Å². The number of hydrogen-bond donors (Lipinski definition) is 2. The summed E-state index contributed by atoms with van der Waals surface area (Å²) in [4.78, 5) is 10.5. The zero-order chi connectivity index (χ0) is 15.6. The van der Waals surface area contributed by atoms with Crippen molar-refractivity contribution in [2.45, 2.75) is 0 Å². The number of nitro groups is 1. The molecule has 0 amide bonds. The largest absolute Gasteiger partial charge is 0.449 e. The molecule has 0 aliphatic heterocycles. The molecule has 0 heterocycles. The molecule has 2 aromatic rings. The van der Waals surface area contributed by atoms with E-state index >= 15 is 0 Å². The third kappa shape index (κ3) is 3.32. The number of nitrogens with zero attached hydrogens (tertiary/aromatic N) is 1. The van der Waals surface area contributed by atoms with Crippen LogP contribution in [-0.2, 0) is 0 Å². The number of nitrogens with two attached hydrogens (primary N) is 1. The van der Waals surface area contributed by atoms with Crippen LogP contribution < -0.4 is 10.5 Å². The van der Waals surface area contributed by atoms with Gasteiger partial charge in [-0.15, -0.1) is 0 Å². The number of benzene rings is 2. The highest BCUT2D eigenvalue weighted by molar-refractivity contribution is 9.10. The second-order valence-electron chi connectivity index (χ2n) is 4.00. The van der Waals surface area contributed by atoms with Crippen molar-refractivity contribution in [3.05, 3.63) is 61.6 Å². The zero-order valence-corrected chi connectivity index (χ0v) is 12.8. The molecule has 108 valence electrons. The van der Waals surface area contributed by atoms with Gasteiger partial charge in [0.15, 0.2) is 0 Å². The number of ether oxygens (including phenoxy) is 1. The molecule has 0 fully saturated rings. The molecule has 0 unspecified atom stereocenters. The number of nitrogen functional groups attached to an aromatic ring is 1.